The van der Waals surface area contributed by atoms with E-state index in [4.69, 9.17) is 14.2 Å². The van der Waals surface area contributed by atoms with Crippen molar-refractivity contribution in [2.24, 2.45) is 0 Å². The highest BCUT2D eigenvalue weighted by Gasteiger charge is 2.17. The number of unbranched alkanes of at least 4 members (excludes halogenated alkanes) is 20. The minimum absolute atomic E-state index is 0.0492. The number of carbonyl (C=O) groups is 2. The number of esters is 2. The van der Waals surface area contributed by atoms with Crippen LogP contribution in [0.4, 0.5) is 0 Å². The van der Waals surface area contributed by atoms with Crippen LogP contribution >= 0.6 is 0 Å². The zero-order valence-corrected chi connectivity index (χ0v) is 43.2. The van der Waals surface area contributed by atoms with Gasteiger partial charge in [0.2, 0.25) is 0 Å². The summed E-state index contributed by atoms with van der Waals surface area (Å²) in [6, 6.07) is 0. The molecule has 0 saturated heterocycles. The van der Waals surface area contributed by atoms with Crippen LogP contribution in [0.25, 0.3) is 0 Å². The molecule has 0 bridgehead atoms. The third-order valence-electron chi connectivity index (χ3n) is 11.3. The second kappa shape index (κ2) is 55.9. The fourth-order valence-corrected chi connectivity index (χ4v) is 7.29. The summed E-state index contributed by atoms with van der Waals surface area (Å²) in [6.07, 6.45) is 76.8. The molecule has 0 aromatic carbocycles. The number of rotatable bonds is 49. The van der Waals surface area contributed by atoms with E-state index >= 15 is 0 Å². The molecule has 0 rings (SSSR count). The van der Waals surface area contributed by atoms with Gasteiger partial charge in [-0.25, -0.2) is 0 Å². The number of hydrogen-bond acceptors (Lipinski definition) is 5. The van der Waals surface area contributed by atoms with Gasteiger partial charge in [0.15, 0.2) is 6.10 Å². The normalized spacial score (nSPS) is 13.1. The molecular formula is C61H102O5. The van der Waals surface area contributed by atoms with Crippen LogP contribution in [0.15, 0.2) is 109 Å². The van der Waals surface area contributed by atoms with Crippen LogP contribution in [0, 0.1) is 0 Å². The second-order valence-electron chi connectivity index (χ2n) is 17.7. The minimum Gasteiger partial charge on any atom is -0.462 e. The first-order chi connectivity index (χ1) is 32.6. The van der Waals surface area contributed by atoms with Crippen molar-refractivity contribution in [3.63, 3.8) is 0 Å². The lowest BCUT2D eigenvalue weighted by Gasteiger charge is -2.18. The molecule has 0 spiro atoms. The van der Waals surface area contributed by atoms with Gasteiger partial charge in [0.1, 0.15) is 6.61 Å². The molecule has 66 heavy (non-hydrogen) atoms. The smallest absolute Gasteiger partial charge is 0.306 e. The summed E-state index contributed by atoms with van der Waals surface area (Å²) in [5, 5.41) is 0. The average molecular weight is 915 g/mol. The Hall–Kier alpha value is -3.44. The molecule has 0 aromatic heterocycles. The SMILES string of the molecule is CC/C=C\C/C=C\C/C=C\C/C=C\C/C=C\CCCCCCOCC(COC(=O)CCCC/C=C\C/C=C\C/C=C\C/C=C\CC)OC(=O)CCCCCCCCCCCCCCCCC. The van der Waals surface area contributed by atoms with Crippen LogP contribution in [0.1, 0.15) is 239 Å². The molecule has 376 valence electrons. The Kier molecular flexibility index (Phi) is 53.0. The first-order valence-electron chi connectivity index (χ1n) is 27.4. The van der Waals surface area contributed by atoms with Gasteiger partial charge in [-0.05, 0) is 103 Å². The Labute approximate surface area is 408 Å². The molecule has 0 fully saturated rings. The van der Waals surface area contributed by atoms with Crippen molar-refractivity contribution >= 4 is 11.9 Å². The highest BCUT2D eigenvalue weighted by Crippen LogP contribution is 2.15. The van der Waals surface area contributed by atoms with Crippen LogP contribution in [0.2, 0.25) is 0 Å². The van der Waals surface area contributed by atoms with Crippen LogP contribution in [0.5, 0.6) is 0 Å². The first kappa shape index (κ1) is 62.6. The van der Waals surface area contributed by atoms with Gasteiger partial charge in [0, 0.05) is 19.4 Å². The first-order valence-corrected chi connectivity index (χ1v) is 27.4. The van der Waals surface area contributed by atoms with Gasteiger partial charge >= 0.3 is 11.9 Å². The van der Waals surface area contributed by atoms with Crippen LogP contribution < -0.4 is 0 Å². The second-order valence-corrected chi connectivity index (χ2v) is 17.7. The molecule has 0 N–H and O–H groups in total. The fourth-order valence-electron chi connectivity index (χ4n) is 7.29. The van der Waals surface area contributed by atoms with E-state index in [1.54, 1.807) is 0 Å². The highest BCUT2D eigenvalue weighted by molar-refractivity contribution is 5.70. The fraction of sp³-hybridized carbons (Fsp3) is 0.672. The Bertz CT molecular complexity index is 1310. The van der Waals surface area contributed by atoms with E-state index in [0.29, 0.717) is 19.4 Å². The molecule has 0 amide bonds. The summed E-state index contributed by atoms with van der Waals surface area (Å²) in [5.41, 5.74) is 0. The van der Waals surface area contributed by atoms with Crippen molar-refractivity contribution in [2.45, 2.75) is 245 Å². The van der Waals surface area contributed by atoms with Gasteiger partial charge in [-0.3, -0.25) is 9.59 Å². The summed E-state index contributed by atoms with van der Waals surface area (Å²) in [5.74, 6) is -0.460. The number of ether oxygens (including phenoxy) is 3. The Balaban J connectivity index is 4.39. The summed E-state index contributed by atoms with van der Waals surface area (Å²) in [4.78, 5) is 25.4. The van der Waals surface area contributed by atoms with Crippen LogP contribution in [-0.4, -0.2) is 37.9 Å². The Morgan fingerprint density at radius 1 is 0.348 bits per heavy atom. The van der Waals surface area contributed by atoms with Gasteiger partial charge in [0.05, 0.1) is 6.61 Å². The predicted octanol–water partition coefficient (Wildman–Crippen LogP) is 18.8. The molecule has 5 nitrogen and oxygen atoms in total. The number of hydrogen-bond donors (Lipinski definition) is 0. The summed E-state index contributed by atoms with van der Waals surface area (Å²) in [6.45, 7) is 7.51. The summed E-state index contributed by atoms with van der Waals surface area (Å²) >= 11 is 0. The molecular weight excluding hydrogens is 813 g/mol. The van der Waals surface area contributed by atoms with Crippen molar-refractivity contribution in [3.8, 4) is 0 Å². The minimum atomic E-state index is -0.572. The lowest BCUT2D eigenvalue weighted by molar-refractivity contribution is -0.163. The average Bonchev–Trinajstić information content (AvgIpc) is 3.32. The van der Waals surface area contributed by atoms with Gasteiger partial charge in [-0.2, -0.15) is 0 Å². The molecule has 0 saturated carbocycles. The molecule has 0 aromatic rings. The van der Waals surface area contributed by atoms with E-state index in [1.165, 1.54) is 89.9 Å². The third-order valence-corrected chi connectivity index (χ3v) is 11.3. The van der Waals surface area contributed by atoms with E-state index in [-0.39, 0.29) is 25.2 Å². The van der Waals surface area contributed by atoms with E-state index in [0.717, 1.165) is 116 Å². The van der Waals surface area contributed by atoms with Crippen molar-refractivity contribution in [3.05, 3.63) is 109 Å². The maximum atomic E-state index is 12.8. The van der Waals surface area contributed by atoms with Crippen molar-refractivity contribution in [1.82, 2.24) is 0 Å². The Morgan fingerprint density at radius 3 is 1.12 bits per heavy atom. The molecule has 1 unspecified atom stereocenters. The van der Waals surface area contributed by atoms with Crippen molar-refractivity contribution < 1.29 is 23.8 Å². The zero-order chi connectivity index (χ0) is 47.7. The molecule has 0 radical (unpaired) electrons. The van der Waals surface area contributed by atoms with Crippen LogP contribution in [-0.2, 0) is 23.8 Å². The monoisotopic (exact) mass is 915 g/mol. The lowest BCUT2D eigenvalue weighted by Crippen LogP contribution is -2.30. The lowest BCUT2D eigenvalue weighted by atomic mass is 10.0. The zero-order valence-electron chi connectivity index (χ0n) is 43.2. The molecule has 1 atom stereocenters. The Morgan fingerprint density at radius 2 is 0.682 bits per heavy atom. The predicted molar refractivity (Wildman–Crippen MR) is 288 cm³/mol. The maximum Gasteiger partial charge on any atom is 0.306 e. The number of carbonyl (C=O) groups excluding carboxylic acids is 2. The van der Waals surface area contributed by atoms with Gasteiger partial charge in [0.25, 0.3) is 0 Å². The molecule has 0 heterocycles. The molecule has 5 heteroatoms. The maximum absolute atomic E-state index is 12.8. The largest absolute Gasteiger partial charge is 0.462 e. The van der Waals surface area contributed by atoms with Crippen LogP contribution in [0.3, 0.4) is 0 Å². The number of allylic oxidation sites excluding steroid dienone is 18. The molecule has 0 aliphatic rings. The quantitative estimate of drug-likeness (QED) is 0.0346. The van der Waals surface area contributed by atoms with E-state index in [2.05, 4.69) is 130 Å². The molecule has 0 aliphatic carbocycles. The van der Waals surface area contributed by atoms with E-state index in [9.17, 15) is 9.59 Å². The standard InChI is InChI=1S/C61H102O5/c1-4-7-10-13-16-19-22-25-28-29-30-31-32-35-38-41-44-47-50-53-56-64-57-59(66-61(63)55-52-49-46-43-40-37-34-27-24-21-18-15-12-9-6-3)58-65-60(62)54-51-48-45-42-39-36-33-26-23-20-17-14-11-8-5-2/h7-8,10-11,16-17,19-20,25-26,28,30-31,33,35,38-39,42,59H,4-6,9,12-15,18,21-24,27,29,32,34,36-37,40-41,43-58H2,1-3H3/b10-7-,11-8-,19-16-,20-17-,28-25-,31-30-,33-26-,38-35-,42-39-. The van der Waals surface area contributed by atoms with Crippen molar-refractivity contribution in [2.75, 3.05) is 19.8 Å². The summed E-state index contributed by atoms with van der Waals surface area (Å²) in [7, 11) is 0. The van der Waals surface area contributed by atoms with Gasteiger partial charge in [-0.1, -0.05) is 233 Å². The van der Waals surface area contributed by atoms with E-state index in [1.807, 2.05) is 0 Å². The van der Waals surface area contributed by atoms with Crippen molar-refractivity contribution in [1.29, 1.82) is 0 Å². The van der Waals surface area contributed by atoms with E-state index < -0.39 is 6.10 Å². The van der Waals surface area contributed by atoms with Gasteiger partial charge < -0.3 is 14.2 Å². The third kappa shape index (κ3) is 53.2. The molecule has 0 aliphatic heterocycles. The van der Waals surface area contributed by atoms with Gasteiger partial charge in [-0.15, -0.1) is 0 Å². The highest BCUT2D eigenvalue weighted by atomic mass is 16.6. The topological polar surface area (TPSA) is 61.8 Å². The summed E-state index contributed by atoms with van der Waals surface area (Å²) < 4.78 is 17.4.